The van der Waals surface area contributed by atoms with Crippen molar-refractivity contribution in [3.05, 3.63) is 0 Å². The van der Waals surface area contributed by atoms with Gasteiger partial charge < -0.3 is 10.1 Å². The lowest BCUT2D eigenvalue weighted by atomic mass is 9.98. The molecule has 0 bridgehead atoms. The predicted molar refractivity (Wildman–Crippen MR) is 66.6 cm³/mol. The summed E-state index contributed by atoms with van der Waals surface area (Å²) in [5.74, 6) is 0.428. The summed E-state index contributed by atoms with van der Waals surface area (Å²) in [6.45, 7) is 2.35. The maximum Gasteiger partial charge on any atom is 0.223 e. The fraction of sp³-hybridized carbons (Fsp3) is 0.917. The van der Waals surface area contributed by atoms with E-state index in [0.717, 1.165) is 37.9 Å². The van der Waals surface area contributed by atoms with Gasteiger partial charge in [-0.15, -0.1) is 0 Å². The number of hydrogen-bond donors (Lipinski definition) is 1. The van der Waals surface area contributed by atoms with E-state index in [-0.39, 0.29) is 11.8 Å². The van der Waals surface area contributed by atoms with Gasteiger partial charge in [0.1, 0.15) is 0 Å². The number of halogens is 1. The molecule has 0 aromatic heterocycles. The van der Waals surface area contributed by atoms with Crippen LogP contribution in [0.1, 0.15) is 32.1 Å². The Balaban J connectivity index is 1.70. The van der Waals surface area contributed by atoms with Crippen LogP contribution in [0.25, 0.3) is 0 Å². The van der Waals surface area contributed by atoms with Crippen LogP contribution in [0.3, 0.4) is 0 Å². The van der Waals surface area contributed by atoms with Crippen LogP contribution in [-0.2, 0) is 9.53 Å². The molecule has 3 nitrogen and oxygen atoms in total. The van der Waals surface area contributed by atoms with E-state index in [1.807, 2.05) is 0 Å². The molecule has 0 radical (unpaired) electrons. The van der Waals surface area contributed by atoms with Gasteiger partial charge in [0, 0.05) is 31.0 Å². The minimum absolute atomic E-state index is 0.188. The molecule has 1 heterocycles. The van der Waals surface area contributed by atoms with E-state index in [4.69, 9.17) is 4.74 Å². The Hall–Kier alpha value is -0.0900. The highest BCUT2D eigenvalue weighted by Crippen LogP contribution is 2.48. The molecule has 1 aliphatic carbocycles. The molecule has 0 spiro atoms. The van der Waals surface area contributed by atoms with Crippen molar-refractivity contribution >= 4 is 21.8 Å². The molecule has 2 rings (SSSR count). The number of carbonyl (C=O) groups is 1. The maximum atomic E-state index is 11.9. The Morgan fingerprint density at radius 1 is 1.38 bits per heavy atom. The topological polar surface area (TPSA) is 38.3 Å². The summed E-state index contributed by atoms with van der Waals surface area (Å²) in [7, 11) is 0. The molecule has 0 aromatic carbocycles. The average Bonchev–Trinajstić information content (AvgIpc) is 3.08. The van der Waals surface area contributed by atoms with Gasteiger partial charge in [0.25, 0.3) is 0 Å². The summed E-state index contributed by atoms with van der Waals surface area (Å²) in [5.41, 5.74) is 0.421. The van der Waals surface area contributed by atoms with E-state index in [1.165, 1.54) is 19.3 Å². The maximum absolute atomic E-state index is 11.9. The molecule has 1 aliphatic heterocycles. The molecular formula is C12H20BrNO2. The van der Waals surface area contributed by atoms with Crippen LogP contribution in [0.15, 0.2) is 0 Å². The van der Waals surface area contributed by atoms with Crippen molar-refractivity contribution in [2.45, 2.75) is 32.1 Å². The van der Waals surface area contributed by atoms with E-state index in [0.29, 0.717) is 5.41 Å². The molecule has 1 saturated heterocycles. The molecule has 2 fully saturated rings. The molecule has 0 atom stereocenters. The van der Waals surface area contributed by atoms with Crippen molar-refractivity contribution in [1.82, 2.24) is 5.32 Å². The first kappa shape index (κ1) is 12.4. The Bertz CT molecular complexity index is 247. The third-order valence-electron chi connectivity index (χ3n) is 3.81. The Morgan fingerprint density at radius 3 is 2.62 bits per heavy atom. The van der Waals surface area contributed by atoms with Gasteiger partial charge in [-0.1, -0.05) is 15.9 Å². The van der Waals surface area contributed by atoms with Crippen LogP contribution in [0, 0.1) is 11.3 Å². The van der Waals surface area contributed by atoms with Crippen LogP contribution >= 0.6 is 15.9 Å². The molecule has 4 heteroatoms. The summed E-state index contributed by atoms with van der Waals surface area (Å²) >= 11 is 3.48. The zero-order chi connectivity index (χ0) is 11.4. The lowest BCUT2D eigenvalue weighted by molar-refractivity contribution is -0.128. The van der Waals surface area contributed by atoms with Crippen molar-refractivity contribution in [3.8, 4) is 0 Å². The number of nitrogens with one attached hydrogen (secondary N) is 1. The monoisotopic (exact) mass is 289 g/mol. The fourth-order valence-corrected chi connectivity index (χ4v) is 3.11. The van der Waals surface area contributed by atoms with E-state index in [2.05, 4.69) is 21.2 Å². The van der Waals surface area contributed by atoms with E-state index in [1.54, 1.807) is 0 Å². The number of hydrogen-bond acceptors (Lipinski definition) is 2. The van der Waals surface area contributed by atoms with Gasteiger partial charge in [0.05, 0.1) is 0 Å². The van der Waals surface area contributed by atoms with Gasteiger partial charge in [-0.2, -0.15) is 0 Å². The molecular weight excluding hydrogens is 270 g/mol. The molecule has 1 amide bonds. The lowest BCUT2D eigenvalue weighted by Crippen LogP contribution is -2.37. The summed E-state index contributed by atoms with van der Waals surface area (Å²) in [4.78, 5) is 11.9. The molecule has 2 aliphatic rings. The van der Waals surface area contributed by atoms with Gasteiger partial charge in [-0.3, -0.25) is 4.79 Å². The molecule has 0 unspecified atom stereocenters. The van der Waals surface area contributed by atoms with Crippen molar-refractivity contribution < 1.29 is 9.53 Å². The van der Waals surface area contributed by atoms with Crippen molar-refractivity contribution in [2.24, 2.45) is 11.3 Å². The van der Waals surface area contributed by atoms with Gasteiger partial charge in [0.15, 0.2) is 0 Å². The third kappa shape index (κ3) is 3.20. The van der Waals surface area contributed by atoms with Crippen LogP contribution in [0.5, 0.6) is 0 Å². The number of rotatable bonds is 5. The first-order valence-corrected chi connectivity index (χ1v) is 7.29. The van der Waals surface area contributed by atoms with Gasteiger partial charge in [0.2, 0.25) is 5.91 Å². The minimum Gasteiger partial charge on any atom is -0.381 e. The molecule has 1 N–H and O–H groups in total. The smallest absolute Gasteiger partial charge is 0.223 e. The van der Waals surface area contributed by atoms with Crippen LogP contribution < -0.4 is 5.32 Å². The van der Waals surface area contributed by atoms with Crippen LogP contribution in [0.4, 0.5) is 0 Å². The zero-order valence-corrected chi connectivity index (χ0v) is 11.2. The van der Waals surface area contributed by atoms with E-state index in [9.17, 15) is 4.79 Å². The fourth-order valence-electron chi connectivity index (χ4n) is 2.27. The van der Waals surface area contributed by atoms with Crippen molar-refractivity contribution in [1.29, 1.82) is 0 Å². The Morgan fingerprint density at radius 2 is 2.06 bits per heavy atom. The van der Waals surface area contributed by atoms with Gasteiger partial charge >= 0.3 is 0 Å². The van der Waals surface area contributed by atoms with E-state index < -0.39 is 0 Å². The molecule has 92 valence electrons. The SMILES string of the molecule is O=C(NCC1(CCBr)CC1)C1CCOCC1. The lowest BCUT2D eigenvalue weighted by Gasteiger charge is -2.23. The second-order valence-corrected chi connectivity index (χ2v) is 5.84. The molecule has 1 saturated carbocycles. The van der Waals surface area contributed by atoms with Gasteiger partial charge in [-0.05, 0) is 37.5 Å². The highest BCUT2D eigenvalue weighted by Gasteiger charge is 2.42. The molecule has 16 heavy (non-hydrogen) atoms. The summed E-state index contributed by atoms with van der Waals surface area (Å²) in [6, 6.07) is 0. The highest BCUT2D eigenvalue weighted by molar-refractivity contribution is 9.09. The van der Waals surface area contributed by atoms with Crippen molar-refractivity contribution in [3.63, 3.8) is 0 Å². The Kier molecular flexibility index (Phi) is 4.25. The summed E-state index contributed by atoms with van der Waals surface area (Å²) in [5, 5.41) is 4.17. The number of alkyl halides is 1. The van der Waals surface area contributed by atoms with Gasteiger partial charge in [-0.25, -0.2) is 0 Å². The third-order valence-corrected chi connectivity index (χ3v) is 4.21. The second kappa shape index (κ2) is 5.50. The van der Waals surface area contributed by atoms with E-state index >= 15 is 0 Å². The number of ether oxygens (including phenoxy) is 1. The minimum atomic E-state index is 0.188. The molecule has 0 aromatic rings. The highest BCUT2D eigenvalue weighted by atomic mass is 79.9. The predicted octanol–water partition coefficient (Wildman–Crippen LogP) is 2.09. The van der Waals surface area contributed by atoms with Crippen LogP contribution in [0.2, 0.25) is 0 Å². The second-order valence-electron chi connectivity index (χ2n) is 5.04. The largest absolute Gasteiger partial charge is 0.381 e. The summed E-state index contributed by atoms with van der Waals surface area (Å²) < 4.78 is 5.26. The average molecular weight is 290 g/mol. The Labute approximate surface area is 105 Å². The van der Waals surface area contributed by atoms with Crippen molar-refractivity contribution in [2.75, 3.05) is 25.1 Å². The standard InChI is InChI=1S/C12H20BrNO2/c13-6-5-12(3-4-12)9-14-11(15)10-1-7-16-8-2-10/h10H,1-9H2,(H,14,15). The first-order valence-electron chi connectivity index (χ1n) is 6.17. The first-order chi connectivity index (χ1) is 7.76. The number of amides is 1. The van der Waals surface area contributed by atoms with Crippen LogP contribution in [-0.4, -0.2) is 31.0 Å². The zero-order valence-electron chi connectivity index (χ0n) is 9.64. The summed E-state index contributed by atoms with van der Waals surface area (Å²) in [6.07, 6.45) is 5.49. The normalized spacial score (nSPS) is 24.1. The number of carbonyl (C=O) groups excluding carboxylic acids is 1. The quantitative estimate of drug-likeness (QED) is 0.787.